The predicted octanol–water partition coefficient (Wildman–Crippen LogP) is 6.03. The zero-order valence-corrected chi connectivity index (χ0v) is 22.9. The van der Waals surface area contributed by atoms with Crippen LogP contribution in [0, 0.1) is 13.8 Å². The first kappa shape index (κ1) is 25.8. The van der Waals surface area contributed by atoms with Crippen molar-refractivity contribution in [3.05, 3.63) is 106 Å². The van der Waals surface area contributed by atoms with Crippen LogP contribution in [0.3, 0.4) is 0 Å². The van der Waals surface area contributed by atoms with E-state index >= 15 is 0 Å². The van der Waals surface area contributed by atoms with E-state index in [2.05, 4.69) is 9.67 Å². The van der Waals surface area contributed by atoms with Gasteiger partial charge in [-0.05, 0) is 74.5 Å². The molecule has 0 radical (unpaired) electrons. The molecule has 204 valence electrons. The van der Waals surface area contributed by atoms with Crippen LogP contribution in [-0.4, -0.2) is 33.5 Å². The Kier molecular flexibility index (Phi) is 6.47. The standard InChI is InChI=1S/C32H26N4O5/c1-19-16-22(20(2)35(19)23-12-14-24(15-13-23)40-21(3)37)18-33-36-31(34-27-9-6-5-8-25(27)32(36)38)30-17-26-28(39-4)10-7-11-29(26)41-30/h5-18H,1-4H3. The number of hydrogen-bond donors (Lipinski definition) is 0. The quantitative estimate of drug-likeness (QED) is 0.144. The largest absolute Gasteiger partial charge is 0.496 e. The average molecular weight is 547 g/mol. The summed E-state index contributed by atoms with van der Waals surface area (Å²) in [5.74, 6) is 1.43. The van der Waals surface area contributed by atoms with Crippen molar-refractivity contribution in [2.45, 2.75) is 20.8 Å². The zero-order valence-electron chi connectivity index (χ0n) is 22.9. The van der Waals surface area contributed by atoms with E-state index in [0.717, 1.165) is 28.0 Å². The number of rotatable bonds is 6. The Balaban J connectivity index is 1.46. The molecule has 0 saturated carbocycles. The molecule has 9 nitrogen and oxygen atoms in total. The van der Waals surface area contributed by atoms with Crippen LogP contribution in [0.4, 0.5) is 0 Å². The summed E-state index contributed by atoms with van der Waals surface area (Å²) in [6.07, 6.45) is 1.65. The number of carbonyl (C=O) groups excluding carboxylic acids is 1. The van der Waals surface area contributed by atoms with Gasteiger partial charge in [0.1, 0.15) is 17.1 Å². The molecular weight excluding hydrogens is 520 g/mol. The van der Waals surface area contributed by atoms with Crippen LogP contribution in [0.1, 0.15) is 23.9 Å². The van der Waals surface area contributed by atoms with Crippen molar-refractivity contribution >= 4 is 34.1 Å². The van der Waals surface area contributed by atoms with E-state index in [1.165, 1.54) is 11.6 Å². The summed E-state index contributed by atoms with van der Waals surface area (Å²) >= 11 is 0. The SMILES string of the molecule is COc1cccc2oc(-c3nc4ccccc4c(=O)n3N=Cc3cc(C)n(-c4ccc(OC(C)=O)cc4)c3C)cc12. The lowest BCUT2D eigenvalue weighted by Crippen LogP contribution is -2.20. The lowest BCUT2D eigenvalue weighted by Gasteiger charge is -2.10. The van der Waals surface area contributed by atoms with Crippen molar-refractivity contribution in [3.8, 4) is 28.8 Å². The zero-order chi connectivity index (χ0) is 28.7. The van der Waals surface area contributed by atoms with Gasteiger partial charge in [0.2, 0.25) is 5.82 Å². The molecule has 3 heterocycles. The van der Waals surface area contributed by atoms with E-state index in [1.54, 1.807) is 43.7 Å². The highest BCUT2D eigenvalue weighted by Crippen LogP contribution is 2.33. The van der Waals surface area contributed by atoms with Gasteiger partial charge in [-0.25, -0.2) is 4.98 Å². The van der Waals surface area contributed by atoms with E-state index in [9.17, 15) is 9.59 Å². The van der Waals surface area contributed by atoms with Crippen molar-refractivity contribution in [2.75, 3.05) is 7.11 Å². The molecule has 0 atom stereocenters. The number of methoxy groups -OCH3 is 1. The Morgan fingerprint density at radius 2 is 1.76 bits per heavy atom. The summed E-state index contributed by atoms with van der Waals surface area (Å²) < 4.78 is 20.1. The fraction of sp³-hybridized carbons (Fsp3) is 0.125. The van der Waals surface area contributed by atoms with Crippen molar-refractivity contribution in [1.82, 2.24) is 14.2 Å². The van der Waals surface area contributed by atoms with Crippen LogP contribution >= 0.6 is 0 Å². The van der Waals surface area contributed by atoms with Gasteiger partial charge < -0.3 is 18.5 Å². The lowest BCUT2D eigenvalue weighted by atomic mass is 10.2. The molecule has 0 aliphatic heterocycles. The molecule has 0 bridgehead atoms. The van der Waals surface area contributed by atoms with Crippen molar-refractivity contribution in [1.29, 1.82) is 0 Å². The molecule has 6 aromatic rings. The van der Waals surface area contributed by atoms with Crippen molar-refractivity contribution in [2.24, 2.45) is 5.10 Å². The lowest BCUT2D eigenvalue weighted by molar-refractivity contribution is -0.131. The average Bonchev–Trinajstić information content (AvgIpc) is 3.52. The monoisotopic (exact) mass is 546 g/mol. The number of nitrogens with zero attached hydrogens (tertiary/aromatic N) is 4. The summed E-state index contributed by atoms with van der Waals surface area (Å²) in [5, 5.41) is 5.84. The minimum absolute atomic E-state index is 0.276. The maximum atomic E-state index is 13.7. The highest BCUT2D eigenvalue weighted by Gasteiger charge is 2.18. The summed E-state index contributed by atoms with van der Waals surface area (Å²) in [5.41, 5.74) is 4.45. The molecule has 0 aliphatic rings. The summed E-state index contributed by atoms with van der Waals surface area (Å²) in [6.45, 7) is 5.33. The third kappa shape index (κ3) is 4.67. The van der Waals surface area contributed by atoms with Crippen LogP contribution in [0.2, 0.25) is 0 Å². The topological polar surface area (TPSA) is 101 Å². The van der Waals surface area contributed by atoms with Crippen molar-refractivity contribution in [3.63, 3.8) is 0 Å². The molecule has 0 unspecified atom stereocenters. The Morgan fingerprint density at radius 1 is 0.976 bits per heavy atom. The minimum Gasteiger partial charge on any atom is -0.496 e. The molecule has 0 spiro atoms. The second kappa shape index (κ2) is 10.3. The Hall–Kier alpha value is -5.44. The molecule has 6 rings (SSSR count). The number of aryl methyl sites for hydroxylation is 1. The van der Waals surface area contributed by atoms with Crippen LogP contribution in [-0.2, 0) is 4.79 Å². The van der Waals surface area contributed by atoms with Gasteiger partial charge in [-0.1, -0.05) is 18.2 Å². The number of benzene rings is 3. The third-order valence-electron chi connectivity index (χ3n) is 6.85. The van der Waals surface area contributed by atoms with Crippen LogP contribution < -0.4 is 15.0 Å². The highest BCUT2D eigenvalue weighted by atomic mass is 16.5. The summed E-state index contributed by atoms with van der Waals surface area (Å²) in [7, 11) is 1.60. The third-order valence-corrected chi connectivity index (χ3v) is 6.85. The molecule has 9 heteroatoms. The number of para-hydroxylation sites is 1. The van der Waals surface area contributed by atoms with Gasteiger partial charge in [-0.2, -0.15) is 9.78 Å². The molecule has 0 N–H and O–H groups in total. The van der Waals surface area contributed by atoms with Crippen LogP contribution in [0.25, 0.3) is 39.1 Å². The van der Waals surface area contributed by atoms with Gasteiger partial charge in [0.05, 0.1) is 29.6 Å². The molecule has 3 aromatic carbocycles. The van der Waals surface area contributed by atoms with Crippen LogP contribution in [0.15, 0.2) is 93.2 Å². The van der Waals surface area contributed by atoms with Gasteiger partial charge in [-0.3, -0.25) is 9.59 Å². The smallest absolute Gasteiger partial charge is 0.308 e. The first-order valence-corrected chi connectivity index (χ1v) is 12.9. The van der Waals surface area contributed by atoms with Gasteiger partial charge >= 0.3 is 5.97 Å². The maximum absolute atomic E-state index is 13.7. The van der Waals surface area contributed by atoms with Crippen LogP contribution in [0.5, 0.6) is 11.5 Å². The van der Waals surface area contributed by atoms with Gasteiger partial charge in [0, 0.05) is 29.6 Å². The Bertz CT molecular complexity index is 2030. The first-order chi connectivity index (χ1) is 19.8. The normalized spacial score (nSPS) is 11.5. The van der Waals surface area contributed by atoms with Gasteiger partial charge in [0.25, 0.3) is 5.56 Å². The Morgan fingerprint density at radius 3 is 2.51 bits per heavy atom. The maximum Gasteiger partial charge on any atom is 0.308 e. The second-order valence-corrected chi connectivity index (χ2v) is 9.55. The number of hydrogen-bond acceptors (Lipinski definition) is 7. The Labute approximate surface area is 234 Å². The number of esters is 1. The summed E-state index contributed by atoms with van der Waals surface area (Å²) in [4.78, 5) is 29.7. The molecule has 0 aliphatic carbocycles. The first-order valence-electron chi connectivity index (χ1n) is 12.9. The van der Waals surface area contributed by atoms with Crippen molar-refractivity contribution < 1.29 is 18.7 Å². The molecule has 0 fully saturated rings. The fourth-order valence-corrected chi connectivity index (χ4v) is 4.98. The van der Waals surface area contributed by atoms with Gasteiger partial charge in [-0.15, -0.1) is 0 Å². The van der Waals surface area contributed by atoms with E-state index < -0.39 is 0 Å². The molecule has 3 aromatic heterocycles. The van der Waals surface area contributed by atoms with E-state index in [4.69, 9.17) is 18.9 Å². The van der Waals surface area contributed by atoms with E-state index in [0.29, 0.717) is 33.7 Å². The molecular formula is C32H26N4O5. The molecule has 41 heavy (non-hydrogen) atoms. The number of aromatic nitrogens is 3. The van der Waals surface area contributed by atoms with E-state index in [1.807, 2.05) is 62.4 Å². The van der Waals surface area contributed by atoms with Gasteiger partial charge in [0.15, 0.2) is 5.76 Å². The molecule has 0 saturated heterocycles. The molecule has 0 amide bonds. The summed E-state index contributed by atoms with van der Waals surface area (Å²) in [6, 6.07) is 23.7. The highest BCUT2D eigenvalue weighted by molar-refractivity contribution is 5.89. The number of fused-ring (bicyclic) bond motifs is 2. The predicted molar refractivity (Wildman–Crippen MR) is 157 cm³/mol. The minimum atomic E-state index is -0.371. The van der Waals surface area contributed by atoms with E-state index in [-0.39, 0.29) is 17.4 Å². The fourth-order valence-electron chi connectivity index (χ4n) is 4.98. The number of ether oxygens (including phenoxy) is 2. The number of furan rings is 1. The second-order valence-electron chi connectivity index (χ2n) is 9.55. The number of carbonyl (C=O) groups is 1.